The van der Waals surface area contributed by atoms with Crippen molar-refractivity contribution in [2.45, 2.75) is 61.7 Å². The van der Waals surface area contributed by atoms with E-state index in [2.05, 4.69) is 17.6 Å². The van der Waals surface area contributed by atoms with Crippen LogP contribution in [0.1, 0.15) is 39.2 Å². The van der Waals surface area contributed by atoms with Crippen LogP contribution >= 0.6 is 11.8 Å². The molecule has 3 amide bonds. The zero-order valence-corrected chi connectivity index (χ0v) is 22.3. The fraction of sp³-hybridized carbons (Fsp3) is 0.483. The van der Waals surface area contributed by atoms with Crippen molar-refractivity contribution in [3.05, 3.63) is 66.2 Å². The Morgan fingerprint density at radius 2 is 1.70 bits per heavy atom. The Labute approximate surface area is 222 Å². The lowest BCUT2D eigenvalue weighted by Crippen LogP contribution is -2.57. The zero-order chi connectivity index (χ0) is 26.4. The summed E-state index contributed by atoms with van der Waals surface area (Å²) in [4.78, 5) is 43.5. The first-order chi connectivity index (χ1) is 17.7. The van der Waals surface area contributed by atoms with Gasteiger partial charge in [-0.2, -0.15) is 0 Å². The Morgan fingerprint density at radius 3 is 2.32 bits per heavy atom. The summed E-state index contributed by atoms with van der Waals surface area (Å²) in [7, 11) is 0. The van der Waals surface area contributed by atoms with Gasteiger partial charge in [0.05, 0.1) is 29.2 Å². The molecule has 3 aliphatic heterocycles. The van der Waals surface area contributed by atoms with Crippen molar-refractivity contribution < 1.29 is 19.5 Å². The lowest BCUT2D eigenvalue weighted by molar-refractivity contribution is -0.143. The molecule has 196 valence electrons. The molecule has 3 heterocycles. The van der Waals surface area contributed by atoms with E-state index >= 15 is 0 Å². The minimum absolute atomic E-state index is 0.0528. The second-order valence-electron chi connectivity index (χ2n) is 11.0. The van der Waals surface area contributed by atoms with E-state index in [1.165, 1.54) is 0 Å². The number of rotatable bonds is 8. The second kappa shape index (κ2) is 9.80. The van der Waals surface area contributed by atoms with Crippen molar-refractivity contribution in [2.24, 2.45) is 17.8 Å². The number of amides is 3. The second-order valence-corrected chi connectivity index (χ2v) is 12.9. The Balaban J connectivity index is 1.51. The molecule has 0 aromatic heterocycles. The summed E-state index contributed by atoms with van der Waals surface area (Å²) in [6.45, 7) is 6.07. The lowest BCUT2D eigenvalue weighted by Gasteiger charge is -2.38. The predicted molar refractivity (Wildman–Crippen MR) is 145 cm³/mol. The van der Waals surface area contributed by atoms with Gasteiger partial charge >= 0.3 is 0 Å². The van der Waals surface area contributed by atoms with Crippen molar-refractivity contribution >= 4 is 35.2 Å². The van der Waals surface area contributed by atoms with Crippen LogP contribution in [0.15, 0.2) is 60.7 Å². The van der Waals surface area contributed by atoms with Gasteiger partial charge in [0, 0.05) is 17.0 Å². The normalized spacial score (nSPS) is 30.9. The van der Waals surface area contributed by atoms with E-state index in [9.17, 15) is 19.5 Å². The molecule has 0 saturated carbocycles. The van der Waals surface area contributed by atoms with Gasteiger partial charge in [0.2, 0.25) is 17.7 Å². The maximum atomic E-state index is 14.2. The minimum atomic E-state index is -0.755. The Kier molecular flexibility index (Phi) is 6.83. The molecule has 3 saturated heterocycles. The summed E-state index contributed by atoms with van der Waals surface area (Å²) in [5, 5.41) is 16.4. The summed E-state index contributed by atoms with van der Waals surface area (Å²) in [6.07, 6.45) is 1.42. The Hall–Kier alpha value is -2.84. The number of aliphatic hydroxyl groups is 1. The van der Waals surface area contributed by atoms with E-state index in [-0.39, 0.29) is 30.2 Å². The molecular formula is C29H35N3O4S. The molecule has 3 aliphatic rings. The third-order valence-electron chi connectivity index (χ3n) is 8.41. The third-order valence-corrected chi connectivity index (χ3v) is 10.4. The van der Waals surface area contributed by atoms with Gasteiger partial charge in [0.15, 0.2) is 0 Å². The molecule has 2 unspecified atom stereocenters. The van der Waals surface area contributed by atoms with Crippen molar-refractivity contribution in [2.75, 3.05) is 11.9 Å². The van der Waals surface area contributed by atoms with Gasteiger partial charge in [0.25, 0.3) is 0 Å². The quantitative estimate of drug-likeness (QED) is 0.494. The molecule has 3 N–H and O–H groups in total. The van der Waals surface area contributed by atoms with Crippen LogP contribution in [-0.4, -0.2) is 55.9 Å². The van der Waals surface area contributed by atoms with Crippen molar-refractivity contribution in [1.82, 2.24) is 10.2 Å². The molecule has 2 bridgehead atoms. The summed E-state index contributed by atoms with van der Waals surface area (Å²) in [5.41, 5.74) is 1.66. The molecule has 2 aromatic carbocycles. The van der Waals surface area contributed by atoms with E-state index in [4.69, 9.17) is 0 Å². The van der Waals surface area contributed by atoms with Crippen molar-refractivity contribution in [1.29, 1.82) is 0 Å². The average molecular weight is 522 g/mol. The largest absolute Gasteiger partial charge is 0.394 e. The Bertz CT molecular complexity index is 1180. The van der Waals surface area contributed by atoms with Crippen LogP contribution in [0.5, 0.6) is 0 Å². The van der Waals surface area contributed by atoms with Crippen LogP contribution in [0.2, 0.25) is 0 Å². The molecule has 0 radical (unpaired) electrons. The lowest BCUT2D eigenvalue weighted by atomic mass is 9.66. The highest BCUT2D eigenvalue weighted by molar-refractivity contribution is 8.02. The van der Waals surface area contributed by atoms with Crippen LogP contribution in [0.3, 0.4) is 0 Å². The topological polar surface area (TPSA) is 98.7 Å². The number of aliphatic hydroxyl groups excluding tert-OH is 1. The summed E-state index contributed by atoms with van der Waals surface area (Å²) in [5.74, 6) is -1.85. The van der Waals surface area contributed by atoms with E-state index < -0.39 is 33.4 Å². The SMILES string of the molecule is CC(C)[C@H](CO)N1C(=O)[C@@H]2[C@H](C(=O)Nc3ccccc3)[C@]3(C)CCC2(S3)C1C(=O)NCc1ccccc1. The molecule has 37 heavy (non-hydrogen) atoms. The van der Waals surface area contributed by atoms with Crippen molar-refractivity contribution in [3.8, 4) is 0 Å². The fourth-order valence-corrected chi connectivity index (χ4v) is 9.01. The molecule has 1 spiro atoms. The smallest absolute Gasteiger partial charge is 0.244 e. The van der Waals surface area contributed by atoms with Gasteiger partial charge in [-0.1, -0.05) is 62.4 Å². The van der Waals surface area contributed by atoms with Gasteiger partial charge in [-0.15, -0.1) is 11.8 Å². The van der Waals surface area contributed by atoms with E-state index in [1.807, 2.05) is 74.5 Å². The summed E-state index contributed by atoms with van der Waals surface area (Å²) < 4.78 is -1.16. The molecule has 0 aliphatic carbocycles. The number of hydrogen-bond donors (Lipinski definition) is 3. The van der Waals surface area contributed by atoms with Gasteiger partial charge in [-0.3, -0.25) is 14.4 Å². The fourth-order valence-electron chi connectivity index (χ4n) is 6.66. The number of para-hydroxylation sites is 1. The number of benzene rings is 2. The number of carbonyl (C=O) groups excluding carboxylic acids is 3. The van der Waals surface area contributed by atoms with E-state index in [1.54, 1.807) is 16.7 Å². The number of fused-ring (bicyclic) bond motifs is 1. The van der Waals surface area contributed by atoms with Crippen LogP contribution in [0.25, 0.3) is 0 Å². The van der Waals surface area contributed by atoms with E-state index in [0.29, 0.717) is 18.7 Å². The highest BCUT2D eigenvalue weighted by atomic mass is 32.2. The minimum Gasteiger partial charge on any atom is -0.394 e. The molecule has 5 rings (SSSR count). The molecule has 8 heteroatoms. The Morgan fingerprint density at radius 1 is 1.05 bits per heavy atom. The van der Waals surface area contributed by atoms with E-state index in [0.717, 1.165) is 12.0 Å². The first-order valence-electron chi connectivity index (χ1n) is 13.0. The van der Waals surface area contributed by atoms with Gasteiger partial charge in [0.1, 0.15) is 6.04 Å². The van der Waals surface area contributed by atoms with Gasteiger partial charge in [-0.05, 0) is 43.4 Å². The van der Waals surface area contributed by atoms with Crippen LogP contribution in [0, 0.1) is 17.8 Å². The predicted octanol–water partition coefficient (Wildman–Crippen LogP) is 3.44. The number of thioether (sulfide) groups is 1. The zero-order valence-electron chi connectivity index (χ0n) is 21.5. The summed E-state index contributed by atoms with van der Waals surface area (Å²) in [6, 6.07) is 17.7. The number of anilines is 1. The average Bonchev–Trinajstić information content (AvgIpc) is 3.45. The van der Waals surface area contributed by atoms with Crippen molar-refractivity contribution in [3.63, 3.8) is 0 Å². The maximum Gasteiger partial charge on any atom is 0.244 e. The third kappa shape index (κ3) is 4.24. The first-order valence-corrected chi connectivity index (χ1v) is 13.8. The van der Waals surface area contributed by atoms with Crippen LogP contribution < -0.4 is 10.6 Å². The molecular weight excluding hydrogens is 486 g/mol. The molecule has 2 aromatic rings. The van der Waals surface area contributed by atoms with Gasteiger partial charge in [-0.25, -0.2) is 0 Å². The highest BCUT2D eigenvalue weighted by Crippen LogP contribution is 2.71. The number of likely N-dealkylation sites (tertiary alicyclic amines) is 1. The van der Waals surface area contributed by atoms with Crippen LogP contribution in [0.4, 0.5) is 5.69 Å². The first kappa shape index (κ1) is 25.8. The standard InChI is InChI=1S/C29H35N3O4S/c1-18(2)21(17-33)32-24(26(35)30-16-19-10-6-4-7-11-19)29-15-14-28(3,37-29)22(23(29)27(32)36)25(34)31-20-12-8-5-9-13-20/h4-13,18,21-24,33H,14-17H2,1-3H3,(H,30,35)(H,31,34)/t21-,22+,23-,24?,28-,29?/m0/s1. The number of hydrogen-bond acceptors (Lipinski definition) is 5. The number of nitrogens with one attached hydrogen (secondary N) is 2. The highest BCUT2D eigenvalue weighted by Gasteiger charge is 2.77. The maximum absolute atomic E-state index is 14.2. The summed E-state index contributed by atoms with van der Waals surface area (Å²) >= 11 is 1.64. The monoisotopic (exact) mass is 521 g/mol. The number of nitrogens with zero attached hydrogens (tertiary/aromatic N) is 1. The molecule has 7 nitrogen and oxygen atoms in total. The molecule has 3 fully saturated rings. The number of carbonyl (C=O) groups is 3. The van der Waals surface area contributed by atoms with Crippen LogP contribution in [-0.2, 0) is 20.9 Å². The molecule has 6 atom stereocenters. The van der Waals surface area contributed by atoms with Gasteiger partial charge < -0.3 is 20.6 Å².